The molecular weight excluding hydrogens is 242 g/mol. The molecule has 1 fully saturated rings. The zero-order valence-corrected chi connectivity index (χ0v) is 9.40. The normalized spacial score (nSPS) is 21.6. The highest BCUT2D eigenvalue weighted by atomic mass is 79.9. The monoisotopic (exact) mass is 253 g/mol. The second kappa shape index (κ2) is 4.13. The predicted molar refractivity (Wildman–Crippen MR) is 59.2 cm³/mol. The Hall–Kier alpha value is -0.830. The Bertz CT molecular complexity index is 325. The number of nitrogens with zero attached hydrogens (tertiary/aromatic N) is 1. The van der Waals surface area contributed by atoms with Gasteiger partial charge in [0.2, 0.25) is 5.91 Å². The van der Waals surface area contributed by atoms with E-state index < -0.39 is 0 Å². The topological polar surface area (TPSA) is 20.3 Å². The minimum atomic E-state index is 0.0335. The Balaban J connectivity index is 2.02. The minimum Gasteiger partial charge on any atom is -0.337 e. The van der Waals surface area contributed by atoms with Gasteiger partial charge in [-0.3, -0.25) is 4.79 Å². The number of benzene rings is 1. The minimum absolute atomic E-state index is 0.0335. The Kier molecular flexibility index (Phi) is 2.87. The van der Waals surface area contributed by atoms with Gasteiger partial charge in [-0.2, -0.15) is 0 Å². The number of rotatable bonds is 2. The largest absolute Gasteiger partial charge is 0.337 e. The second-order valence-corrected chi connectivity index (χ2v) is 4.61. The average molecular weight is 254 g/mol. The lowest BCUT2D eigenvalue weighted by Gasteiger charge is -2.15. The molecule has 3 heteroatoms. The summed E-state index contributed by atoms with van der Waals surface area (Å²) in [7, 11) is 0. The van der Waals surface area contributed by atoms with Gasteiger partial charge in [-0.05, 0) is 12.0 Å². The van der Waals surface area contributed by atoms with E-state index in [-0.39, 0.29) is 10.7 Å². The molecule has 1 heterocycles. The lowest BCUT2D eigenvalue weighted by atomic mass is 10.2. The van der Waals surface area contributed by atoms with E-state index in [2.05, 4.69) is 28.1 Å². The van der Waals surface area contributed by atoms with Crippen LogP contribution in [0.4, 0.5) is 0 Å². The van der Waals surface area contributed by atoms with Gasteiger partial charge in [-0.1, -0.05) is 46.3 Å². The zero-order chi connectivity index (χ0) is 9.97. The van der Waals surface area contributed by atoms with Crippen LogP contribution in [0.3, 0.4) is 0 Å². The van der Waals surface area contributed by atoms with E-state index in [4.69, 9.17) is 0 Å². The maximum atomic E-state index is 11.6. The highest BCUT2D eigenvalue weighted by molar-refractivity contribution is 9.10. The summed E-state index contributed by atoms with van der Waals surface area (Å²) in [5, 5.41) is 0. The number of amides is 1. The van der Waals surface area contributed by atoms with E-state index in [1.165, 1.54) is 5.56 Å². The molecule has 1 saturated heterocycles. The molecule has 0 aliphatic carbocycles. The van der Waals surface area contributed by atoms with Crippen molar-refractivity contribution >= 4 is 21.8 Å². The van der Waals surface area contributed by atoms with Gasteiger partial charge in [0.1, 0.15) is 0 Å². The summed E-state index contributed by atoms with van der Waals surface area (Å²) in [5.74, 6) is 0.217. The molecule has 1 aliphatic heterocycles. The van der Waals surface area contributed by atoms with Gasteiger partial charge in [0.15, 0.2) is 0 Å². The first kappa shape index (κ1) is 9.71. The zero-order valence-electron chi connectivity index (χ0n) is 7.82. The number of carbonyl (C=O) groups excluding carboxylic acids is 1. The highest BCUT2D eigenvalue weighted by Gasteiger charge is 2.28. The third kappa shape index (κ3) is 1.98. The Morgan fingerprint density at radius 3 is 2.64 bits per heavy atom. The Morgan fingerprint density at radius 2 is 2.07 bits per heavy atom. The molecule has 0 unspecified atom stereocenters. The third-order valence-corrected chi connectivity index (χ3v) is 3.30. The van der Waals surface area contributed by atoms with Crippen molar-refractivity contribution < 1.29 is 4.79 Å². The first-order valence-electron chi connectivity index (χ1n) is 4.74. The molecule has 0 radical (unpaired) electrons. The molecule has 1 amide bonds. The molecule has 0 aromatic heterocycles. The van der Waals surface area contributed by atoms with Gasteiger partial charge < -0.3 is 4.90 Å². The number of hydrogen-bond acceptors (Lipinski definition) is 1. The van der Waals surface area contributed by atoms with Crippen molar-refractivity contribution in [1.82, 2.24) is 4.90 Å². The van der Waals surface area contributed by atoms with E-state index in [1.54, 1.807) is 0 Å². The fraction of sp³-hybridized carbons (Fsp3) is 0.364. The summed E-state index contributed by atoms with van der Waals surface area (Å²) in [5.41, 5.74) is 1.20. The van der Waals surface area contributed by atoms with Gasteiger partial charge in [-0.25, -0.2) is 0 Å². The molecule has 2 nitrogen and oxygen atoms in total. The average Bonchev–Trinajstić information content (AvgIpc) is 2.52. The molecule has 1 atom stereocenters. The van der Waals surface area contributed by atoms with Crippen molar-refractivity contribution in [3.63, 3.8) is 0 Å². The number of carbonyl (C=O) groups is 1. The van der Waals surface area contributed by atoms with Crippen LogP contribution in [0.1, 0.15) is 12.0 Å². The third-order valence-electron chi connectivity index (χ3n) is 2.45. The smallest absolute Gasteiger partial charge is 0.236 e. The van der Waals surface area contributed by atoms with Gasteiger partial charge in [0.05, 0.1) is 4.83 Å². The quantitative estimate of drug-likeness (QED) is 0.741. The maximum absolute atomic E-state index is 11.6. The van der Waals surface area contributed by atoms with Crippen LogP contribution in [0, 0.1) is 0 Å². The highest BCUT2D eigenvalue weighted by Crippen LogP contribution is 2.20. The lowest BCUT2D eigenvalue weighted by molar-refractivity contribution is -0.127. The second-order valence-electron chi connectivity index (χ2n) is 3.50. The molecule has 2 rings (SSSR count). The van der Waals surface area contributed by atoms with Crippen LogP contribution in [-0.4, -0.2) is 22.2 Å². The van der Waals surface area contributed by atoms with E-state index >= 15 is 0 Å². The summed E-state index contributed by atoms with van der Waals surface area (Å²) in [6.45, 7) is 1.60. The van der Waals surface area contributed by atoms with E-state index in [0.29, 0.717) is 0 Å². The number of halogens is 1. The molecule has 1 aliphatic rings. The van der Waals surface area contributed by atoms with Crippen molar-refractivity contribution in [2.45, 2.75) is 17.8 Å². The fourth-order valence-corrected chi connectivity index (χ4v) is 2.16. The van der Waals surface area contributed by atoms with Crippen LogP contribution < -0.4 is 0 Å². The molecule has 14 heavy (non-hydrogen) atoms. The van der Waals surface area contributed by atoms with Crippen molar-refractivity contribution in [2.24, 2.45) is 0 Å². The van der Waals surface area contributed by atoms with Crippen LogP contribution in [0.5, 0.6) is 0 Å². The van der Waals surface area contributed by atoms with E-state index in [1.807, 2.05) is 23.1 Å². The summed E-state index contributed by atoms with van der Waals surface area (Å²) in [4.78, 5) is 13.5. The van der Waals surface area contributed by atoms with E-state index in [0.717, 1.165) is 19.5 Å². The molecule has 1 aromatic carbocycles. The van der Waals surface area contributed by atoms with Crippen LogP contribution in [0.15, 0.2) is 30.3 Å². The van der Waals surface area contributed by atoms with Crippen molar-refractivity contribution in [1.29, 1.82) is 0 Å². The first-order chi connectivity index (χ1) is 6.77. The fourth-order valence-electron chi connectivity index (χ4n) is 1.66. The van der Waals surface area contributed by atoms with Crippen LogP contribution in [0.2, 0.25) is 0 Å². The summed E-state index contributed by atoms with van der Waals surface area (Å²) >= 11 is 3.37. The molecular formula is C11H12BrNO. The number of hydrogen-bond donors (Lipinski definition) is 0. The van der Waals surface area contributed by atoms with Crippen molar-refractivity contribution in [3.8, 4) is 0 Å². The standard InChI is InChI=1S/C11H12BrNO/c12-10-6-7-13(11(10)14)8-9-4-2-1-3-5-9/h1-5,10H,6-8H2/t10-/m0/s1. The number of alkyl halides is 1. The van der Waals surface area contributed by atoms with Gasteiger partial charge in [0, 0.05) is 13.1 Å². The predicted octanol–water partition coefficient (Wildman–Crippen LogP) is 2.18. The van der Waals surface area contributed by atoms with Gasteiger partial charge in [-0.15, -0.1) is 0 Å². The van der Waals surface area contributed by atoms with Crippen molar-refractivity contribution in [3.05, 3.63) is 35.9 Å². The van der Waals surface area contributed by atoms with Crippen LogP contribution in [0.25, 0.3) is 0 Å². The molecule has 0 spiro atoms. The van der Waals surface area contributed by atoms with E-state index in [9.17, 15) is 4.79 Å². The Morgan fingerprint density at radius 1 is 1.36 bits per heavy atom. The molecule has 74 valence electrons. The summed E-state index contributed by atoms with van der Waals surface area (Å²) in [6.07, 6.45) is 0.922. The van der Waals surface area contributed by atoms with Crippen molar-refractivity contribution in [2.75, 3.05) is 6.54 Å². The molecule has 1 aromatic rings. The summed E-state index contributed by atoms with van der Waals surface area (Å²) in [6, 6.07) is 10.1. The van der Waals surface area contributed by atoms with Crippen LogP contribution >= 0.6 is 15.9 Å². The summed E-state index contributed by atoms with van der Waals surface area (Å²) < 4.78 is 0. The SMILES string of the molecule is O=C1[C@@H](Br)CCN1Cc1ccccc1. The van der Waals surface area contributed by atoms with Gasteiger partial charge >= 0.3 is 0 Å². The number of likely N-dealkylation sites (tertiary alicyclic amines) is 1. The lowest BCUT2D eigenvalue weighted by Crippen LogP contribution is -2.26. The molecule has 0 saturated carbocycles. The Labute approximate surface area is 92.0 Å². The van der Waals surface area contributed by atoms with Crippen LogP contribution in [-0.2, 0) is 11.3 Å². The maximum Gasteiger partial charge on any atom is 0.236 e. The molecule has 0 bridgehead atoms. The van der Waals surface area contributed by atoms with Gasteiger partial charge in [0.25, 0.3) is 0 Å². The first-order valence-corrected chi connectivity index (χ1v) is 5.66. The molecule has 0 N–H and O–H groups in total.